The number of ether oxygens (including phenoxy) is 4. The molecule has 2 aliphatic rings. The van der Waals surface area contributed by atoms with Crippen LogP contribution >= 0.6 is 0 Å². The van der Waals surface area contributed by atoms with Gasteiger partial charge in [-0.15, -0.1) is 0 Å². The fourth-order valence-corrected chi connectivity index (χ4v) is 2.38. The Morgan fingerprint density at radius 1 is 0.792 bits per heavy atom. The second-order valence-corrected chi connectivity index (χ2v) is 6.06. The summed E-state index contributed by atoms with van der Waals surface area (Å²) in [5, 5.41) is 0. The van der Waals surface area contributed by atoms with Crippen LogP contribution in [0.25, 0.3) is 5.57 Å². The lowest BCUT2D eigenvalue weighted by atomic mass is 9.99. The first-order valence-electron chi connectivity index (χ1n) is 8.16. The maximum atomic E-state index is 5.66. The summed E-state index contributed by atoms with van der Waals surface area (Å²) in [6.45, 7) is 7.05. The second kappa shape index (κ2) is 6.67. The second-order valence-electron chi connectivity index (χ2n) is 6.06. The summed E-state index contributed by atoms with van der Waals surface area (Å²) in [5.74, 6) is 1.71. The summed E-state index contributed by atoms with van der Waals surface area (Å²) in [4.78, 5) is 0. The minimum absolute atomic E-state index is 0.270. The van der Waals surface area contributed by atoms with E-state index in [1.165, 1.54) is 0 Å². The van der Waals surface area contributed by atoms with Crippen molar-refractivity contribution in [2.45, 2.75) is 12.2 Å². The molecule has 0 bridgehead atoms. The van der Waals surface area contributed by atoms with Crippen LogP contribution in [0.2, 0.25) is 0 Å². The van der Waals surface area contributed by atoms with Crippen molar-refractivity contribution in [2.75, 3.05) is 26.4 Å². The first-order valence-corrected chi connectivity index (χ1v) is 8.16. The Bertz CT molecular complexity index is 636. The monoisotopic (exact) mass is 324 g/mol. The molecule has 0 saturated carbocycles. The minimum atomic E-state index is 0.270. The van der Waals surface area contributed by atoms with Gasteiger partial charge in [-0.1, -0.05) is 30.8 Å². The van der Waals surface area contributed by atoms with Gasteiger partial charge in [0.2, 0.25) is 0 Å². The maximum Gasteiger partial charge on any atom is 0.119 e. The minimum Gasteiger partial charge on any atom is -0.491 e. The Labute approximate surface area is 141 Å². The van der Waals surface area contributed by atoms with Gasteiger partial charge in [-0.2, -0.15) is 0 Å². The third-order valence-electron chi connectivity index (χ3n) is 4.08. The lowest BCUT2D eigenvalue weighted by Crippen LogP contribution is -2.04. The molecule has 2 aliphatic heterocycles. The van der Waals surface area contributed by atoms with Crippen LogP contribution in [0, 0.1) is 0 Å². The van der Waals surface area contributed by atoms with Gasteiger partial charge in [0.15, 0.2) is 0 Å². The molecular formula is C20H20O4. The van der Waals surface area contributed by atoms with Gasteiger partial charge in [-0.05, 0) is 41.0 Å². The summed E-state index contributed by atoms with van der Waals surface area (Å²) in [5.41, 5.74) is 3.12. The van der Waals surface area contributed by atoms with E-state index in [4.69, 9.17) is 18.9 Å². The summed E-state index contributed by atoms with van der Waals surface area (Å²) in [6.07, 6.45) is 0.540. The Kier molecular flexibility index (Phi) is 4.24. The van der Waals surface area contributed by atoms with Gasteiger partial charge in [-0.25, -0.2) is 0 Å². The predicted octanol–water partition coefficient (Wildman–Crippen LogP) is 3.30. The molecule has 24 heavy (non-hydrogen) atoms. The van der Waals surface area contributed by atoms with Crippen molar-refractivity contribution < 1.29 is 18.9 Å². The number of hydrogen-bond donors (Lipinski definition) is 0. The topological polar surface area (TPSA) is 43.5 Å². The summed E-state index contributed by atoms with van der Waals surface area (Å²) >= 11 is 0. The third kappa shape index (κ3) is 3.96. The van der Waals surface area contributed by atoms with Crippen molar-refractivity contribution in [3.63, 3.8) is 0 Å². The SMILES string of the molecule is C=C(c1ccc(OCC2CO2)cc1)c1ccc(OCC2CO2)cc1. The van der Waals surface area contributed by atoms with Crippen LogP contribution in [0.4, 0.5) is 0 Å². The highest BCUT2D eigenvalue weighted by molar-refractivity contribution is 5.78. The van der Waals surface area contributed by atoms with Crippen molar-refractivity contribution in [1.82, 2.24) is 0 Å². The predicted molar refractivity (Wildman–Crippen MR) is 91.5 cm³/mol. The van der Waals surface area contributed by atoms with E-state index in [-0.39, 0.29) is 12.2 Å². The Hall–Kier alpha value is -2.30. The van der Waals surface area contributed by atoms with E-state index in [1.807, 2.05) is 48.5 Å². The Balaban J connectivity index is 1.36. The zero-order chi connectivity index (χ0) is 16.4. The highest BCUT2D eigenvalue weighted by Crippen LogP contribution is 2.26. The van der Waals surface area contributed by atoms with E-state index in [9.17, 15) is 0 Å². The Morgan fingerprint density at radius 2 is 1.17 bits per heavy atom. The van der Waals surface area contributed by atoms with Crippen molar-refractivity contribution in [3.8, 4) is 11.5 Å². The zero-order valence-corrected chi connectivity index (χ0v) is 13.4. The number of epoxide rings is 2. The van der Waals surface area contributed by atoms with Gasteiger partial charge in [0, 0.05) is 0 Å². The van der Waals surface area contributed by atoms with Crippen LogP contribution in [-0.4, -0.2) is 38.6 Å². The molecule has 0 spiro atoms. The molecule has 0 radical (unpaired) electrons. The van der Waals surface area contributed by atoms with Crippen LogP contribution in [-0.2, 0) is 9.47 Å². The van der Waals surface area contributed by atoms with Crippen LogP contribution in [0.3, 0.4) is 0 Å². The molecule has 2 atom stereocenters. The van der Waals surface area contributed by atoms with Crippen molar-refractivity contribution >= 4 is 5.57 Å². The molecule has 124 valence electrons. The van der Waals surface area contributed by atoms with E-state index in [0.717, 1.165) is 41.4 Å². The van der Waals surface area contributed by atoms with Gasteiger partial charge in [0.05, 0.1) is 13.2 Å². The molecule has 2 saturated heterocycles. The standard InChI is InChI=1S/C20H20O4/c1-14(15-2-6-17(7-3-15)21-10-19-12-23-19)16-4-8-18(9-5-16)22-11-20-13-24-20/h2-9,19-20H,1,10-13H2. The van der Waals surface area contributed by atoms with Gasteiger partial charge in [0.1, 0.15) is 36.9 Å². The molecule has 2 heterocycles. The molecule has 4 nitrogen and oxygen atoms in total. The first kappa shape index (κ1) is 15.2. The van der Waals surface area contributed by atoms with Crippen LogP contribution < -0.4 is 9.47 Å². The van der Waals surface area contributed by atoms with Crippen molar-refractivity contribution in [3.05, 3.63) is 66.2 Å². The van der Waals surface area contributed by atoms with Crippen LogP contribution in [0.1, 0.15) is 11.1 Å². The fourth-order valence-electron chi connectivity index (χ4n) is 2.38. The Morgan fingerprint density at radius 3 is 1.50 bits per heavy atom. The lowest BCUT2D eigenvalue weighted by Gasteiger charge is -2.10. The van der Waals surface area contributed by atoms with Gasteiger partial charge >= 0.3 is 0 Å². The molecule has 2 aromatic rings. The molecule has 0 amide bonds. The molecule has 0 aromatic heterocycles. The number of rotatable bonds is 8. The summed E-state index contributed by atoms with van der Waals surface area (Å²) < 4.78 is 21.6. The molecule has 2 fully saturated rings. The smallest absolute Gasteiger partial charge is 0.119 e. The molecule has 4 rings (SSSR count). The third-order valence-corrected chi connectivity index (χ3v) is 4.08. The zero-order valence-electron chi connectivity index (χ0n) is 13.4. The number of hydrogen-bond acceptors (Lipinski definition) is 4. The van der Waals surface area contributed by atoms with E-state index < -0.39 is 0 Å². The van der Waals surface area contributed by atoms with E-state index in [0.29, 0.717) is 13.2 Å². The highest BCUT2D eigenvalue weighted by atomic mass is 16.6. The molecule has 0 N–H and O–H groups in total. The van der Waals surface area contributed by atoms with E-state index in [2.05, 4.69) is 6.58 Å². The normalized spacial score (nSPS) is 21.2. The van der Waals surface area contributed by atoms with Crippen molar-refractivity contribution in [2.24, 2.45) is 0 Å². The molecule has 2 unspecified atom stereocenters. The molecule has 4 heteroatoms. The summed E-state index contributed by atoms with van der Waals surface area (Å²) in [6, 6.07) is 16.0. The maximum absolute atomic E-state index is 5.66. The highest BCUT2D eigenvalue weighted by Gasteiger charge is 2.23. The van der Waals surface area contributed by atoms with Gasteiger partial charge in [0.25, 0.3) is 0 Å². The quantitative estimate of drug-likeness (QED) is 0.699. The van der Waals surface area contributed by atoms with E-state index >= 15 is 0 Å². The molecule has 0 aliphatic carbocycles. The fraction of sp³-hybridized carbons (Fsp3) is 0.300. The number of benzene rings is 2. The van der Waals surface area contributed by atoms with Gasteiger partial charge in [-0.3, -0.25) is 0 Å². The largest absolute Gasteiger partial charge is 0.491 e. The average molecular weight is 324 g/mol. The molecule has 2 aromatic carbocycles. The van der Waals surface area contributed by atoms with E-state index in [1.54, 1.807) is 0 Å². The summed E-state index contributed by atoms with van der Waals surface area (Å²) in [7, 11) is 0. The molecular weight excluding hydrogens is 304 g/mol. The lowest BCUT2D eigenvalue weighted by molar-refractivity contribution is 0.263. The first-order chi connectivity index (χ1) is 11.8. The van der Waals surface area contributed by atoms with Crippen LogP contribution in [0.5, 0.6) is 11.5 Å². The average Bonchev–Trinajstić information content (AvgIpc) is 3.53. The van der Waals surface area contributed by atoms with Gasteiger partial charge < -0.3 is 18.9 Å². The van der Waals surface area contributed by atoms with Crippen LogP contribution in [0.15, 0.2) is 55.1 Å². The van der Waals surface area contributed by atoms with Crippen molar-refractivity contribution in [1.29, 1.82) is 0 Å².